The van der Waals surface area contributed by atoms with Crippen LogP contribution in [-0.2, 0) is 80.6 Å². The predicted octanol–water partition coefficient (Wildman–Crippen LogP) is 6.94. The number of hydrogen-bond acceptors (Lipinski definition) is 12. The molecule has 0 bridgehead atoms. The summed E-state index contributed by atoms with van der Waals surface area (Å²) in [5, 5.41) is 19.8. The number of hydrogen-bond donors (Lipinski definition) is 4. The third-order valence-electron chi connectivity index (χ3n) is 11.6. The molecular weight excluding hydrogens is 921 g/mol. The fourth-order valence-corrected chi connectivity index (χ4v) is 7.78. The maximum atomic E-state index is 17.3. The van der Waals surface area contributed by atoms with Gasteiger partial charge in [0, 0.05) is 6.54 Å². The van der Waals surface area contributed by atoms with E-state index in [0.717, 1.165) is 18.2 Å². The number of benzene rings is 5. The summed E-state index contributed by atoms with van der Waals surface area (Å²) in [5.74, 6) is -11.7. The number of alkyl carbamates (subject to hydrolysis) is 1. The third-order valence-corrected chi connectivity index (χ3v) is 11.6. The monoisotopic (exact) mass is 981 g/mol. The van der Waals surface area contributed by atoms with E-state index in [1.165, 1.54) is 6.92 Å². The van der Waals surface area contributed by atoms with Gasteiger partial charge in [0.1, 0.15) is 43.1 Å². The molecule has 1 aliphatic heterocycles. The standard InChI is InChI=1S/C54H61F2N3O12/c1-38(50(61)65-2)58-49(60)44(59-52(63)70-36-43-28-16-7-17-29-43)30-18-19-31-57-51(62)53(55,56)54(64)48(69-35-42-26-14-6-15-27-42)47(68-34-41-24-12-5-13-25-41)46(67-33-40-22-10-4-11-23-40)45(71-54)37-66-32-39-20-8-3-9-21-39/h3-17,20-29,38,44-48,64H,18-19,30-37H2,1-2H3,(H,57,62)(H,58,60)(H,59,63)/t38-,44-,45+,46-,47-,48+,54+/m0/s1. The Morgan fingerprint density at radius 3 is 1.62 bits per heavy atom. The lowest BCUT2D eigenvalue weighted by Gasteiger charge is -2.51. The van der Waals surface area contributed by atoms with Gasteiger partial charge in [-0.3, -0.25) is 9.59 Å². The van der Waals surface area contributed by atoms with Crippen LogP contribution in [0, 0.1) is 0 Å². The van der Waals surface area contributed by atoms with Crippen molar-refractivity contribution in [2.45, 2.75) is 107 Å². The van der Waals surface area contributed by atoms with Gasteiger partial charge >= 0.3 is 18.0 Å². The molecule has 5 aromatic carbocycles. The highest BCUT2D eigenvalue weighted by atomic mass is 19.3. The Balaban J connectivity index is 1.22. The molecule has 7 atom stereocenters. The van der Waals surface area contributed by atoms with Gasteiger partial charge < -0.3 is 54.2 Å². The lowest BCUT2D eigenvalue weighted by Crippen LogP contribution is -2.75. The van der Waals surface area contributed by atoms with Crippen molar-refractivity contribution in [1.29, 1.82) is 0 Å². The van der Waals surface area contributed by atoms with Crippen LogP contribution in [0.5, 0.6) is 0 Å². The first-order valence-corrected chi connectivity index (χ1v) is 23.4. The summed E-state index contributed by atoms with van der Waals surface area (Å²) < 4.78 is 75.9. The fraction of sp³-hybridized carbons (Fsp3) is 0.370. The van der Waals surface area contributed by atoms with Crippen molar-refractivity contribution in [3.8, 4) is 0 Å². The molecule has 4 N–H and O–H groups in total. The van der Waals surface area contributed by atoms with E-state index < -0.39 is 72.1 Å². The van der Waals surface area contributed by atoms with Gasteiger partial charge in [0.05, 0.1) is 40.1 Å². The molecule has 0 aliphatic carbocycles. The van der Waals surface area contributed by atoms with Gasteiger partial charge in [-0.1, -0.05) is 152 Å². The highest BCUT2D eigenvalue weighted by Gasteiger charge is 2.71. The fourth-order valence-electron chi connectivity index (χ4n) is 7.78. The summed E-state index contributed by atoms with van der Waals surface area (Å²) >= 11 is 0. The van der Waals surface area contributed by atoms with Crippen LogP contribution in [-0.4, -0.2) is 97.5 Å². The minimum atomic E-state index is -4.71. The Bertz CT molecular complexity index is 2390. The second-order valence-corrected chi connectivity index (χ2v) is 16.9. The molecule has 1 heterocycles. The molecule has 71 heavy (non-hydrogen) atoms. The highest BCUT2D eigenvalue weighted by molar-refractivity contribution is 5.89. The van der Waals surface area contributed by atoms with Crippen molar-refractivity contribution in [3.63, 3.8) is 0 Å². The molecule has 0 aromatic heterocycles. The van der Waals surface area contributed by atoms with Crippen LogP contribution in [0.4, 0.5) is 13.6 Å². The van der Waals surface area contributed by atoms with Gasteiger partial charge in [-0.2, -0.15) is 8.78 Å². The normalized spacial score (nSPS) is 19.7. The summed E-state index contributed by atoms with van der Waals surface area (Å²) in [4.78, 5) is 52.1. The lowest BCUT2D eigenvalue weighted by atomic mass is 9.87. The molecule has 1 aliphatic rings. The first-order valence-electron chi connectivity index (χ1n) is 23.4. The van der Waals surface area contributed by atoms with Gasteiger partial charge in [0.25, 0.3) is 11.7 Å². The average Bonchev–Trinajstić information content (AvgIpc) is 3.39. The van der Waals surface area contributed by atoms with Gasteiger partial charge in [-0.15, -0.1) is 0 Å². The number of ether oxygens (including phenoxy) is 7. The quantitative estimate of drug-likeness (QED) is 0.0331. The lowest BCUT2D eigenvalue weighted by molar-refractivity contribution is -0.415. The molecule has 0 radical (unpaired) electrons. The van der Waals surface area contributed by atoms with E-state index in [0.29, 0.717) is 16.7 Å². The van der Waals surface area contributed by atoms with Crippen LogP contribution in [0.2, 0.25) is 0 Å². The maximum absolute atomic E-state index is 17.3. The second kappa shape index (κ2) is 27.1. The average molecular weight is 982 g/mol. The molecule has 0 unspecified atom stereocenters. The summed E-state index contributed by atoms with van der Waals surface area (Å²) in [5.41, 5.74) is 3.50. The van der Waals surface area contributed by atoms with E-state index in [4.69, 9.17) is 33.2 Å². The first kappa shape index (κ1) is 53.7. The molecule has 6 rings (SSSR count). The molecule has 3 amide bonds. The molecular formula is C54H61F2N3O12. The van der Waals surface area contributed by atoms with Gasteiger partial charge in [0.2, 0.25) is 5.91 Å². The Labute approximate surface area is 412 Å². The second-order valence-electron chi connectivity index (χ2n) is 16.9. The molecule has 1 saturated heterocycles. The van der Waals surface area contributed by atoms with Gasteiger partial charge in [-0.05, 0) is 54.0 Å². The van der Waals surface area contributed by atoms with Gasteiger partial charge in [-0.25, -0.2) is 9.59 Å². The third kappa shape index (κ3) is 15.7. The number of alkyl halides is 2. The minimum Gasteiger partial charge on any atom is -0.467 e. The highest BCUT2D eigenvalue weighted by Crippen LogP contribution is 2.44. The Morgan fingerprint density at radius 2 is 1.11 bits per heavy atom. The number of carbonyl (C=O) groups is 4. The van der Waals surface area contributed by atoms with Crippen LogP contribution in [0.25, 0.3) is 0 Å². The molecule has 0 saturated carbocycles. The first-order chi connectivity index (χ1) is 34.4. The van der Waals surface area contributed by atoms with Gasteiger partial charge in [0.15, 0.2) is 0 Å². The van der Waals surface area contributed by atoms with Crippen molar-refractivity contribution in [1.82, 2.24) is 16.0 Å². The number of methoxy groups -OCH3 is 1. The molecule has 1 fully saturated rings. The molecule has 378 valence electrons. The summed E-state index contributed by atoms with van der Waals surface area (Å²) in [6.45, 7) is 0.236. The van der Waals surface area contributed by atoms with E-state index >= 15 is 8.78 Å². The molecule has 5 aromatic rings. The zero-order valence-corrected chi connectivity index (χ0v) is 39.7. The number of aliphatic hydroxyl groups is 1. The van der Waals surface area contributed by atoms with Crippen molar-refractivity contribution < 1.29 is 66.2 Å². The van der Waals surface area contributed by atoms with Crippen molar-refractivity contribution in [3.05, 3.63) is 179 Å². The van der Waals surface area contributed by atoms with E-state index in [1.54, 1.807) is 84.9 Å². The van der Waals surface area contributed by atoms with E-state index in [-0.39, 0.29) is 65.4 Å². The Hall–Kier alpha value is -6.60. The summed E-state index contributed by atoms with van der Waals surface area (Å²) in [6, 6.07) is 42.6. The molecule has 17 heteroatoms. The number of unbranched alkanes of at least 4 members (excludes halogenated alkanes) is 1. The summed E-state index contributed by atoms with van der Waals surface area (Å²) in [6.07, 6.45) is -7.00. The van der Waals surface area contributed by atoms with Crippen molar-refractivity contribution >= 4 is 23.9 Å². The number of esters is 1. The Kier molecular flexibility index (Phi) is 20.5. The zero-order chi connectivity index (χ0) is 50.5. The number of amides is 3. The largest absolute Gasteiger partial charge is 0.467 e. The number of halogens is 2. The minimum absolute atomic E-state index is 0.00677. The van der Waals surface area contributed by atoms with Crippen LogP contribution in [0.15, 0.2) is 152 Å². The van der Waals surface area contributed by atoms with Crippen LogP contribution in [0.3, 0.4) is 0 Å². The zero-order valence-electron chi connectivity index (χ0n) is 39.7. The maximum Gasteiger partial charge on any atom is 0.408 e. The number of nitrogens with one attached hydrogen (secondary N) is 3. The van der Waals surface area contributed by atoms with Crippen LogP contribution >= 0.6 is 0 Å². The van der Waals surface area contributed by atoms with E-state index in [2.05, 4.69) is 16.0 Å². The van der Waals surface area contributed by atoms with E-state index in [1.807, 2.05) is 66.7 Å². The smallest absolute Gasteiger partial charge is 0.408 e. The predicted molar refractivity (Wildman–Crippen MR) is 256 cm³/mol. The SMILES string of the molecule is COC(=O)[C@H](C)NC(=O)[C@H](CCCCNC(=O)C(F)(F)[C@]1(O)O[C@H](COCc2ccccc2)[C@H](OCc2ccccc2)[C@H](OCc2ccccc2)[C@H]1OCc1ccccc1)NC(=O)OCc1ccccc1. The van der Waals surface area contributed by atoms with Crippen LogP contribution in [0.1, 0.15) is 54.0 Å². The van der Waals surface area contributed by atoms with Crippen molar-refractivity contribution in [2.24, 2.45) is 0 Å². The van der Waals surface area contributed by atoms with Crippen LogP contribution < -0.4 is 16.0 Å². The van der Waals surface area contributed by atoms with Crippen molar-refractivity contribution in [2.75, 3.05) is 20.3 Å². The molecule has 15 nitrogen and oxygen atoms in total. The number of rotatable bonds is 26. The molecule has 0 spiro atoms. The topological polar surface area (TPSA) is 189 Å². The number of carbonyl (C=O) groups excluding carboxylic acids is 4. The van der Waals surface area contributed by atoms with E-state index in [9.17, 15) is 24.3 Å². The summed E-state index contributed by atoms with van der Waals surface area (Å²) in [7, 11) is 1.16. The Morgan fingerprint density at radius 1 is 0.648 bits per heavy atom.